The number of benzene rings is 1. The summed E-state index contributed by atoms with van der Waals surface area (Å²) in [5.74, 6) is 0.0919. The predicted molar refractivity (Wildman–Crippen MR) is 126 cm³/mol. The number of rotatable bonds is 8. The van der Waals surface area contributed by atoms with Gasteiger partial charge in [0.05, 0.1) is 23.5 Å². The van der Waals surface area contributed by atoms with Crippen LogP contribution < -0.4 is 5.32 Å². The highest BCUT2D eigenvalue weighted by molar-refractivity contribution is 5.98. The number of likely N-dealkylation sites (tertiary alicyclic amines) is 1. The lowest BCUT2D eigenvalue weighted by atomic mass is 9.96. The van der Waals surface area contributed by atoms with E-state index in [1.807, 2.05) is 43.0 Å². The van der Waals surface area contributed by atoms with Gasteiger partial charge in [-0.3, -0.25) is 14.4 Å². The molecule has 0 saturated carbocycles. The number of H-pyrrole nitrogens is 1. The highest BCUT2D eigenvalue weighted by atomic mass is 16.5. The van der Waals surface area contributed by atoms with Crippen molar-refractivity contribution in [1.29, 1.82) is 0 Å². The van der Waals surface area contributed by atoms with E-state index in [2.05, 4.69) is 20.4 Å². The quantitative estimate of drug-likeness (QED) is 0.525. The Labute approximate surface area is 198 Å². The van der Waals surface area contributed by atoms with E-state index >= 15 is 0 Å². The summed E-state index contributed by atoms with van der Waals surface area (Å²) in [6, 6.07) is 8.34. The Kier molecular flexibility index (Phi) is 7.09. The van der Waals surface area contributed by atoms with E-state index in [-0.39, 0.29) is 42.2 Å². The first-order chi connectivity index (χ1) is 16.3. The van der Waals surface area contributed by atoms with E-state index in [1.165, 1.54) is 6.07 Å². The van der Waals surface area contributed by atoms with E-state index in [0.29, 0.717) is 18.1 Å². The van der Waals surface area contributed by atoms with Crippen LogP contribution in [-0.2, 0) is 9.59 Å². The number of Topliss-reactive ketones (excluding diaryl/α,β-unsaturated/α-hetero) is 1. The summed E-state index contributed by atoms with van der Waals surface area (Å²) in [4.78, 5) is 48.8. The van der Waals surface area contributed by atoms with Crippen LogP contribution in [0.25, 0.3) is 11.0 Å². The fraction of sp³-hybridized carbons (Fsp3) is 0.480. The summed E-state index contributed by atoms with van der Waals surface area (Å²) in [6.07, 6.45) is 3.02. The smallest absolute Gasteiger partial charge is 0.274 e. The summed E-state index contributed by atoms with van der Waals surface area (Å²) in [7, 11) is 0. The predicted octanol–water partition coefficient (Wildman–Crippen LogP) is 3.51. The molecule has 9 nitrogen and oxygen atoms in total. The third-order valence-corrected chi connectivity index (χ3v) is 6.44. The maximum Gasteiger partial charge on any atom is 0.274 e. The molecule has 0 spiro atoms. The molecule has 2 N–H and O–H groups in total. The van der Waals surface area contributed by atoms with Gasteiger partial charge in [0.2, 0.25) is 5.91 Å². The zero-order valence-corrected chi connectivity index (χ0v) is 19.8. The molecule has 1 aromatic carbocycles. The number of aromatic nitrogens is 3. The summed E-state index contributed by atoms with van der Waals surface area (Å²) in [5.41, 5.74) is 1.81. The van der Waals surface area contributed by atoms with Gasteiger partial charge in [-0.25, -0.2) is 4.98 Å². The topological polar surface area (TPSA) is 121 Å². The van der Waals surface area contributed by atoms with Crippen molar-refractivity contribution in [3.05, 3.63) is 47.6 Å². The number of aromatic amines is 1. The zero-order chi connectivity index (χ0) is 24.2. The van der Waals surface area contributed by atoms with Gasteiger partial charge in [-0.05, 0) is 45.2 Å². The number of ketones is 1. The van der Waals surface area contributed by atoms with Gasteiger partial charge in [0.15, 0.2) is 11.5 Å². The maximum absolute atomic E-state index is 13.3. The summed E-state index contributed by atoms with van der Waals surface area (Å²) >= 11 is 0. The number of carbonyl (C=O) groups excluding carboxylic acids is 3. The number of nitrogens with zero attached hydrogens (tertiary/aromatic N) is 3. The Morgan fingerprint density at radius 1 is 1.24 bits per heavy atom. The number of imidazole rings is 1. The van der Waals surface area contributed by atoms with Gasteiger partial charge in [0.1, 0.15) is 11.6 Å². The molecule has 2 aromatic heterocycles. The van der Waals surface area contributed by atoms with Crippen LogP contribution >= 0.6 is 0 Å². The molecule has 0 radical (unpaired) electrons. The molecule has 34 heavy (non-hydrogen) atoms. The van der Waals surface area contributed by atoms with Gasteiger partial charge in [0.25, 0.3) is 5.91 Å². The number of aryl methyl sites for hydroxylation is 1. The van der Waals surface area contributed by atoms with Gasteiger partial charge >= 0.3 is 0 Å². The Balaban J connectivity index is 1.49. The highest BCUT2D eigenvalue weighted by Gasteiger charge is 2.31. The number of para-hydroxylation sites is 2. The van der Waals surface area contributed by atoms with Crippen LogP contribution in [0.15, 0.2) is 34.9 Å². The molecule has 3 atom stereocenters. The first-order valence-electron chi connectivity index (χ1n) is 11.8. The molecule has 9 heteroatoms. The molecule has 1 unspecified atom stereocenters. The third kappa shape index (κ3) is 5.35. The van der Waals surface area contributed by atoms with Crippen LogP contribution in [0.1, 0.15) is 73.9 Å². The van der Waals surface area contributed by atoms with E-state index in [9.17, 15) is 14.4 Å². The number of hydrogen-bond donors (Lipinski definition) is 2. The molecular weight excluding hydrogens is 434 g/mol. The Hall–Kier alpha value is -3.49. The summed E-state index contributed by atoms with van der Waals surface area (Å²) in [6.45, 7) is 6.29. The second kappa shape index (κ2) is 10.2. The third-order valence-electron chi connectivity index (χ3n) is 6.44. The van der Waals surface area contributed by atoms with Gasteiger partial charge in [-0.2, -0.15) is 0 Å². The molecular formula is C25H31N5O4. The average molecular weight is 466 g/mol. The van der Waals surface area contributed by atoms with E-state index < -0.39 is 11.9 Å². The van der Waals surface area contributed by atoms with Crippen LogP contribution in [0.4, 0.5) is 0 Å². The average Bonchev–Trinajstić information content (AvgIpc) is 3.45. The van der Waals surface area contributed by atoms with E-state index in [4.69, 9.17) is 4.52 Å². The number of piperidine rings is 1. The van der Waals surface area contributed by atoms with Crippen molar-refractivity contribution in [2.75, 3.05) is 6.54 Å². The molecule has 4 rings (SSSR count). The van der Waals surface area contributed by atoms with Gasteiger partial charge in [-0.1, -0.05) is 24.2 Å². The molecule has 3 heterocycles. The van der Waals surface area contributed by atoms with Crippen LogP contribution in [0.5, 0.6) is 0 Å². The van der Waals surface area contributed by atoms with E-state index in [0.717, 1.165) is 30.3 Å². The Bertz CT molecular complexity index is 1150. The first kappa shape index (κ1) is 23.7. The zero-order valence-electron chi connectivity index (χ0n) is 19.8. The molecule has 2 amide bonds. The Morgan fingerprint density at radius 3 is 2.74 bits per heavy atom. The second-order valence-electron chi connectivity index (χ2n) is 9.20. The maximum atomic E-state index is 13.3. The van der Waals surface area contributed by atoms with Crippen LogP contribution in [0, 0.1) is 6.92 Å². The molecule has 1 aliphatic rings. The number of fused-ring (bicyclic) bond motifs is 1. The number of nitrogens with one attached hydrogen (secondary N) is 2. The standard InChI is InChI=1S/C25H31N5O4/c1-15(24-26-18-9-4-5-10-19(18)27-24)12-22(31)20(28-25(33)21-13-17(3)34-29-21)14-23(32)30-11-7-6-8-16(30)2/h4-5,9-10,13,15-16,20H,6-8,11-12,14H2,1-3H3,(H,26,27)(H,28,33)/t15?,16-,20-/m0/s1. The lowest BCUT2D eigenvalue weighted by Crippen LogP contribution is -2.48. The lowest BCUT2D eigenvalue weighted by Gasteiger charge is -2.34. The molecule has 0 aliphatic carbocycles. The molecule has 3 aromatic rings. The van der Waals surface area contributed by atoms with Crippen molar-refractivity contribution < 1.29 is 18.9 Å². The fourth-order valence-electron chi connectivity index (χ4n) is 4.46. The fourth-order valence-corrected chi connectivity index (χ4v) is 4.46. The Morgan fingerprint density at radius 2 is 2.03 bits per heavy atom. The minimum Gasteiger partial charge on any atom is -0.361 e. The van der Waals surface area contributed by atoms with Crippen LogP contribution in [-0.4, -0.2) is 56.3 Å². The number of amides is 2. The summed E-state index contributed by atoms with van der Waals surface area (Å²) in [5, 5.41) is 6.46. The minimum absolute atomic E-state index is 0.0828. The number of hydrogen-bond acceptors (Lipinski definition) is 6. The van der Waals surface area contributed by atoms with E-state index in [1.54, 1.807) is 6.92 Å². The van der Waals surface area contributed by atoms with Crippen molar-refractivity contribution in [2.45, 2.75) is 70.9 Å². The molecule has 1 fully saturated rings. The van der Waals surface area contributed by atoms with Crippen molar-refractivity contribution in [3.8, 4) is 0 Å². The normalized spacial score (nSPS) is 18.0. The van der Waals surface area contributed by atoms with Crippen molar-refractivity contribution in [3.63, 3.8) is 0 Å². The molecule has 1 saturated heterocycles. The SMILES string of the molecule is Cc1cc(C(=O)N[C@@H](CC(=O)N2CCCC[C@@H]2C)C(=O)CC(C)c2nc3ccccc3[nH]2)no1. The highest BCUT2D eigenvalue weighted by Crippen LogP contribution is 2.23. The van der Waals surface area contributed by atoms with Crippen molar-refractivity contribution >= 4 is 28.6 Å². The largest absolute Gasteiger partial charge is 0.361 e. The van der Waals surface area contributed by atoms with Crippen LogP contribution in [0.3, 0.4) is 0 Å². The molecule has 0 bridgehead atoms. The summed E-state index contributed by atoms with van der Waals surface area (Å²) < 4.78 is 4.99. The van der Waals surface area contributed by atoms with Gasteiger partial charge in [-0.15, -0.1) is 0 Å². The van der Waals surface area contributed by atoms with Gasteiger partial charge < -0.3 is 19.7 Å². The lowest BCUT2D eigenvalue weighted by molar-refractivity contribution is -0.137. The monoisotopic (exact) mass is 465 g/mol. The van der Waals surface area contributed by atoms with Gasteiger partial charge in [0, 0.05) is 31.0 Å². The first-order valence-corrected chi connectivity index (χ1v) is 11.8. The van der Waals surface area contributed by atoms with Crippen molar-refractivity contribution in [1.82, 2.24) is 25.3 Å². The second-order valence-corrected chi connectivity index (χ2v) is 9.20. The van der Waals surface area contributed by atoms with Crippen LogP contribution in [0.2, 0.25) is 0 Å². The van der Waals surface area contributed by atoms with Crippen molar-refractivity contribution in [2.24, 2.45) is 0 Å². The number of carbonyl (C=O) groups is 3. The molecule has 180 valence electrons. The minimum atomic E-state index is -0.960. The molecule has 1 aliphatic heterocycles.